The molecule has 0 aromatic heterocycles. The lowest BCUT2D eigenvalue weighted by Crippen LogP contribution is -2.45. The highest BCUT2D eigenvalue weighted by atomic mass is 35.5. The molecule has 0 atom stereocenters. The summed E-state index contributed by atoms with van der Waals surface area (Å²) in [5, 5.41) is 19.4. The lowest BCUT2D eigenvalue weighted by atomic mass is 9.84. The molecular formula is C19H16ClF3N2O3S. The van der Waals surface area contributed by atoms with Crippen molar-refractivity contribution in [2.24, 2.45) is 0 Å². The highest BCUT2D eigenvalue weighted by Crippen LogP contribution is 2.40. The molecule has 1 saturated heterocycles. The Morgan fingerprint density at radius 1 is 1.14 bits per heavy atom. The fourth-order valence-electron chi connectivity index (χ4n) is 3.29. The molecule has 2 aromatic carbocycles. The van der Waals surface area contributed by atoms with E-state index in [1.54, 1.807) is 0 Å². The van der Waals surface area contributed by atoms with Crippen molar-refractivity contribution in [3.8, 4) is 6.07 Å². The second-order valence-electron chi connectivity index (χ2n) is 6.77. The van der Waals surface area contributed by atoms with Crippen molar-refractivity contribution in [2.75, 3.05) is 13.1 Å². The third kappa shape index (κ3) is 4.26. The molecule has 1 heterocycles. The van der Waals surface area contributed by atoms with Crippen molar-refractivity contribution < 1.29 is 26.7 Å². The minimum Gasteiger partial charge on any atom is -0.385 e. The number of nitrogens with zero attached hydrogens (tertiary/aromatic N) is 2. The van der Waals surface area contributed by atoms with Crippen LogP contribution in [0, 0.1) is 11.3 Å². The largest absolute Gasteiger partial charge is 0.417 e. The van der Waals surface area contributed by atoms with Gasteiger partial charge in [0.25, 0.3) is 0 Å². The van der Waals surface area contributed by atoms with Crippen LogP contribution in [0.5, 0.6) is 0 Å². The predicted octanol–water partition coefficient (Wildman–Crippen LogP) is 3.90. The van der Waals surface area contributed by atoms with Crippen LogP contribution in [0.15, 0.2) is 47.4 Å². The van der Waals surface area contributed by atoms with Crippen molar-refractivity contribution in [2.45, 2.75) is 29.5 Å². The summed E-state index contributed by atoms with van der Waals surface area (Å²) in [6.07, 6.45) is -4.83. The van der Waals surface area contributed by atoms with Crippen molar-refractivity contribution in [1.29, 1.82) is 5.26 Å². The summed E-state index contributed by atoms with van der Waals surface area (Å²) in [6, 6.07) is 10.6. The van der Waals surface area contributed by atoms with Gasteiger partial charge >= 0.3 is 6.18 Å². The minimum atomic E-state index is -4.67. The number of hydrogen-bond donors (Lipinski definition) is 1. The molecule has 5 nitrogen and oxygen atoms in total. The average Bonchev–Trinajstić information content (AvgIpc) is 2.67. The maximum atomic E-state index is 13.1. The Balaban J connectivity index is 1.83. The maximum absolute atomic E-state index is 13.1. The number of rotatable bonds is 3. The first-order valence-corrected chi connectivity index (χ1v) is 10.4. The summed E-state index contributed by atoms with van der Waals surface area (Å²) in [7, 11) is -3.90. The standard InChI is InChI=1S/C19H16ClF3N2O3S/c20-17-5-4-14(11-16(17)19(21,22)23)18(26)6-8-25(9-7-18)29(27,28)15-3-1-2-13(10-15)12-24/h1-5,10-11,26H,6-9H2. The van der Waals surface area contributed by atoms with Crippen molar-refractivity contribution in [1.82, 2.24) is 4.31 Å². The molecule has 2 aromatic rings. The van der Waals surface area contributed by atoms with Gasteiger partial charge in [-0.2, -0.15) is 22.7 Å². The van der Waals surface area contributed by atoms with Gasteiger partial charge in [0.05, 0.1) is 32.7 Å². The van der Waals surface area contributed by atoms with Crippen molar-refractivity contribution in [3.63, 3.8) is 0 Å². The maximum Gasteiger partial charge on any atom is 0.417 e. The molecular weight excluding hydrogens is 429 g/mol. The molecule has 0 bridgehead atoms. The summed E-state index contributed by atoms with van der Waals surface area (Å²) in [5.41, 5.74) is -2.42. The third-order valence-corrected chi connectivity index (χ3v) is 7.18. The first-order valence-electron chi connectivity index (χ1n) is 8.57. The monoisotopic (exact) mass is 444 g/mol. The Kier molecular flexibility index (Phi) is 5.66. The van der Waals surface area contributed by atoms with Crippen molar-refractivity contribution >= 4 is 21.6 Å². The first-order chi connectivity index (χ1) is 13.5. The Labute approximate surface area is 171 Å². The molecule has 154 valence electrons. The Morgan fingerprint density at radius 3 is 2.38 bits per heavy atom. The molecule has 3 rings (SSSR count). The molecule has 1 N–H and O–H groups in total. The number of nitriles is 1. The molecule has 0 amide bonds. The Bertz CT molecular complexity index is 1070. The molecule has 0 saturated carbocycles. The lowest BCUT2D eigenvalue weighted by molar-refractivity contribution is -0.137. The van der Waals surface area contributed by atoms with Gasteiger partial charge in [-0.25, -0.2) is 8.42 Å². The van der Waals surface area contributed by atoms with Crippen LogP contribution in [0.2, 0.25) is 5.02 Å². The summed E-state index contributed by atoms with van der Waals surface area (Å²) < 4.78 is 66.1. The smallest absolute Gasteiger partial charge is 0.385 e. The summed E-state index contributed by atoms with van der Waals surface area (Å²) >= 11 is 5.63. The van der Waals surface area contributed by atoms with E-state index in [9.17, 15) is 26.7 Å². The molecule has 0 aliphatic carbocycles. The van der Waals surface area contributed by atoms with Crippen LogP contribution in [0.4, 0.5) is 13.2 Å². The van der Waals surface area contributed by atoms with Gasteiger partial charge in [-0.3, -0.25) is 0 Å². The van der Waals surface area contributed by atoms with E-state index in [1.807, 2.05) is 6.07 Å². The highest BCUT2D eigenvalue weighted by Gasteiger charge is 2.40. The molecule has 0 unspecified atom stereocenters. The number of halogens is 4. The van der Waals surface area contributed by atoms with E-state index in [0.717, 1.165) is 16.4 Å². The van der Waals surface area contributed by atoms with Gasteiger partial charge in [-0.05, 0) is 48.7 Å². The van der Waals surface area contributed by atoms with Gasteiger partial charge in [-0.1, -0.05) is 23.7 Å². The number of hydrogen-bond acceptors (Lipinski definition) is 4. The Hall–Kier alpha value is -2.12. The van der Waals surface area contributed by atoms with Crippen LogP contribution in [-0.4, -0.2) is 30.9 Å². The Morgan fingerprint density at radius 2 is 1.79 bits per heavy atom. The summed E-state index contributed by atoms with van der Waals surface area (Å²) in [6.45, 7) is -0.167. The lowest BCUT2D eigenvalue weighted by Gasteiger charge is -2.38. The van der Waals surface area contributed by atoms with Crippen LogP contribution < -0.4 is 0 Å². The number of aliphatic hydroxyl groups is 1. The van der Waals surface area contributed by atoms with Crippen LogP contribution >= 0.6 is 11.6 Å². The van der Waals surface area contributed by atoms with E-state index in [0.29, 0.717) is 0 Å². The fraction of sp³-hybridized carbons (Fsp3) is 0.316. The van der Waals surface area contributed by atoms with Gasteiger partial charge in [0.15, 0.2) is 0 Å². The average molecular weight is 445 g/mol. The van der Waals surface area contributed by atoms with Gasteiger partial charge in [0, 0.05) is 13.1 Å². The van der Waals surface area contributed by atoms with E-state index in [4.69, 9.17) is 16.9 Å². The topological polar surface area (TPSA) is 81.4 Å². The van der Waals surface area contributed by atoms with Gasteiger partial charge in [-0.15, -0.1) is 0 Å². The van der Waals surface area contributed by atoms with Gasteiger partial charge in [0.1, 0.15) is 0 Å². The van der Waals surface area contributed by atoms with Crippen LogP contribution in [-0.2, 0) is 21.8 Å². The normalized spacial score (nSPS) is 17.7. The molecule has 1 aliphatic rings. The molecule has 0 radical (unpaired) electrons. The number of alkyl halides is 3. The predicted molar refractivity (Wildman–Crippen MR) is 99.5 cm³/mol. The molecule has 1 aliphatic heterocycles. The summed E-state index contributed by atoms with van der Waals surface area (Å²) in [5.74, 6) is 0. The molecule has 1 fully saturated rings. The van der Waals surface area contributed by atoms with Crippen molar-refractivity contribution in [3.05, 3.63) is 64.2 Å². The van der Waals surface area contributed by atoms with E-state index < -0.39 is 32.4 Å². The second kappa shape index (κ2) is 7.61. The summed E-state index contributed by atoms with van der Waals surface area (Å²) in [4.78, 5) is -0.0483. The second-order valence-corrected chi connectivity index (χ2v) is 9.11. The zero-order valence-electron chi connectivity index (χ0n) is 14.9. The zero-order chi connectivity index (χ0) is 21.4. The quantitative estimate of drug-likeness (QED) is 0.778. The van der Waals surface area contributed by atoms with Gasteiger partial charge in [0.2, 0.25) is 10.0 Å². The van der Waals surface area contributed by atoms with E-state index in [2.05, 4.69) is 0 Å². The fourth-order valence-corrected chi connectivity index (χ4v) is 5.00. The zero-order valence-corrected chi connectivity index (χ0v) is 16.5. The molecule has 10 heteroatoms. The first kappa shape index (κ1) is 21.6. The van der Waals surface area contributed by atoms with E-state index in [1.165, 1.54) is 30.3 Å². The number of sulfonamides is 1. The molecule has 0 spiro atoms. The molecule has 29 heavy (non-hydrogen) atoms. The minimum absolute atomic E-state index is 0.0396. The third-order valence-electron chi connectivity index (χ3n) is 4.96. The van der Waals surface area contributed by atoms with Crippen LogP contribution in [0.3, 0.4) is 0 Å². The SMILES string of the molecule is N#Cc1cccc(S(=O)(=O)N2CCC(O)(c3ccc(Cl)c(C(F)(F)F)c3)CC2)c1. The van der Waals surface area contributed by atoms with E-state index >= 15 is 0 Å². The van der Waals surface area contributed by atoms with Crippen LogP contribution in [0.1, 0.15) is 29.5 Å². The highest BCUT2D eigenvalue weighted by molar-refractivity contribution is 7.89. The number of piperidine rings is 1. The van der Waals surface area contributed by atoms with Crippen LogP contribution in [0.25, 0.3) is 0 Å². The number of benzene rings is 2. The van der Waals surface area contributed by atoms with Gasteiger partial charge < -0.3 is 5.11 Å². The van der Waals surface area contributed by atoms with E-state index in [-0.39, 0.29) is 42.0 Å².